The SMILES string of the molecule is CCN([SiH](C)C)C(F)(F)C(F)(F)F. The molecule has 0 aromatic rings. The fraction of sp³-hybridized carbons (Fsp3) is 1.00. The molecule has 0 heterocycles. The number of nitrogens with zero attached hydrogens (tertiary/aromatic N) is 1. The normalized spacial score (nSPS) is 14.3. The van der Waals surface area contributed by atoms with Crippen molar-refractivity contribution in [3.8, 4) is 0 Å². The second-order valence-electron chi connectivity index (χ2n) is 2.92. The van der Waals surface area contributed by atoms with Crippen LogP contribution in [0.5, 0.6) is 0 Å². The van der Waals surface area contributed by atoms with E-state index in [2.05, 4.69) is 0 Å². The highest BCUT2D eigenvalue weighted by Crippen LogP contribution is 2.38. The second-order valence-corrected chi connectivity index (χ2v) is 5.73. The zero-order chi connectivity index (χ0) is 10.9. The van der Waals surface area contributed by atoms with E-state index in [0.717, 1.165) is 0 Å². The van der Waals surface area contributed by atoms with Crippen LogP contribution in [-0.4, -0.2) is 32.3 Å². The molecule has 0 unspecified atom stereocenters. The Morgan fingerprint density at radius 3 is 1.54 bits per heavy atom. The highest BCUT2D eigenvalue weighted by molar-refractivity contribution is 6.52. The van der Waals surface area contributed by atoms with Crippen LogP contribution in [0.3, 0.4) is 0 Å². The van der Waals surface area contributed by atoms with Gasteiger partial charge in [0.15, 0.2) is 0 Å². The Morgan fingerprint density at radius 1 is 1.08 bits per heavy atom. The highest BCUT2D eigenvalue weighted by Gasteiger charge is 2.61. The molecule has 0 rings (SSSR count). The van der Waals surface area contributed by atoms with Crippen molar-refractivity contribution in [1.29, 1.82) is 0 Å². The number of alkyl halides is 5. The van der Waals surface area contributed by atoms with Gasteiger partial charge in [0.2, 0.25) is 0 Å². The highest BCUT2D eigenvalue weighted by atomic mass is 28.3. The van der Waals surface area contributed by atoms with Crippen molar-refractivity contribution in [2.75, 3.05) is 6.54 Å². The summed E-state index contributed by atoms with van der Waals surface area (Å²) in [5.41, 5.74) is 0. The molecule has 0 fully saturated rings. The van der Waals surface area contributed by atoms with Gasteiger partial charge in [-0.15, -0.1) is 0 Å². The fourth-order valence-corrected chi connectivity index (χ4v) is 2.58. The molecule has 0 aromatic heterocycles. The molecule has 0 aliphatic rings. The molecule has 80 valence electrons. The zero-order valence-corrected chi connectivity index (χ0v) is 8.78. The monoisotopic (exact) mass is 221 g/mol. The van der Waals surface area contributed by atoms with E-state index >= 15 is 0 Å². The zero-order valence-electron chi connectivity index (χ0n) is 7.62. The van der Waals surface area contributed by atoms with Gasteiger partial charge in [-0.2, -0.15) is 22.0 Å². The molecule has 7 heteroatoms. The van der Waals surface area contributed by atoms with Crippen LogP contribution in [0, 0.1) is 0 Å². The lowest BCUT2D eigenvalue weighted by atomic mass is 10.5. The fourth-order valence-electron chi connectivity index (χ4n) is 1.05. The summed E-state index contributed by atoms with van der Waals surface area (Å²) in [7, 11) is -2.15. The van der Waals surface area contributed by atoms with Crippen molar-refractivity contribution in [3.05, 3.63) is 0 Å². The molecule has 0 aliphatic carbocycles. The maximum atomic E-state index is 12.7. The Labute approximate surface area is 75.2 Å². The van der Waals surface area contributed by atoms with Gasteiger partial charge in [0.25, 0.3) is 0 Å². The van der Waals surface area contributed by atoms with Crippen LogP contribution >= 0.6 is 0 Å². The standard InChI is InChI=1S/C6H12F5NSi/c1-4-12(13(2)3)6(10,11)5(7,8)9/h13H,4H2,1-3H3. The number of hydrogen-bond acceptors (Lipinski definition) is 1. The predicted octanol–water partition coefficient (Wildman–Crippen LogP) is 2.45. The molecule has 0 saturated carbocycles. The molecule has 0 saturated heterocycles. The van der Waals surface area contributed by atoms with Crippen LogP contribution in [-0.2, 0) is 0 Å². The van der Waals surface area contributed by atoms with Crippen LogP contribution in [0.25, 0.3) is 0 Å². The van der Waals surface area contributed by atoms with Gasteiger partial charge in [-0.05, 0) is 6.54 Å². The molecule has 0 spiro atoms. The van der Waals surface area contributed by atoms with Crippen molar-refractivity contribution in [2.45, 2.75) is 32.2 Å². The third-order valence-corrected chi connectivity index (χ3v) is 3.60. The molecule has 13 heavy (non-hydrogen) atoms. The van der Waals surface area contributed by atoms with Gasteiger partial charge >= 0.3 is 12.2 Å². The molecule has 0 aromatic carbocycles. The Morgan fingerprint density at radius 2 is 1.46 bits per heavy atom. The van der Waals surface area contributed by atoms with Crippen LogP contribution in [0.15, 0.2) is 0 Å². The Kier molecular flexibility index (Phi) is 3.86. The first-order chi connectivity index (χ1) is 5.64. The minimum Gasteiger partial charge on any atom is -0.262 e. The summed E-state index contributed by atoms with van der Waals surface area (Å²) >= 11 is 0. The summed E-state index contributed by atoms with van der Waals surface area (Å²) in [4.78, 5) is 0. The average Bonchev–Trinajstić information content (AvgIpc) is 1.83. The summed E-state index contributed by atoms with van der Waals surface area (Å²) in [5.74, 6) is 0. The number of hydrogen-bond donors (Lipinski definition) is 0. The van der Waals surface area contributed by atoms with Gasteiger partial charge in [0, 0.05) is 0 Å². The topological polar surface area (TPSA) is 3.24 Å². The summed E-state index contributed by atoms with van der Waals surface area (Å²) < 4.78 is 61.2. The molecular weight excluding hydrogens is 209 g/mol. The number of rotatable bonds is 3. The van der Waals surface area contributed by atoms with E-state index in [1.807, 2.05) is 0 Å². The molecule has 0 radical (unpaired) electrons. The molecular formula is C6H12F5NSi. The average molecular weight is 221 g/mol. The first kappa shape index (κ1) is 12.8. The first-order valence-electron chi connectivity index (χ1n) is 3.85. The minimum absolute atomic E-state index is 0.243. The van der Waals surface area contributed by atoms with E-state index < -0.39 is 21.2 Å². The van der Waals surface area contributed by atoms with E-state index in [9.17, 15) is 22.0 Å². The Balaban J connectivity index is 4.78. The van der Waals surface area contributed by atoms with Crippen LogP contribution in [0.4, 0.5) is 22.0 Å². The van der Waals surface area contributed by atoms with Gasteiger partial charge < -0.3 is 0 Å². The third-order valence-electron chi connectivity index (χ3n) is 1.67. The Hall–Kier alpha value is -0.173. The molecule has 0 bridgehead atoms. The smallest absolute Gasteiger partial charge is 0.262 e. The largest absolute Gasteiger partial charge is 0.468 e. The van der Waals surface area contributed by atoms with E-state index in [-0.39, 0.29) is 11.1 Å². The van der Waals surface area contributed by atoms with Crippen molar-refractivity contribution in [2.24, 2.45) is 0 Å². The van der Waals surface area contributed by atoms with E-state index in [4.69, 9.17) is 0 Å². The van der Waals surface area contributed by atoms with Crippen molar-refractivity contribution < 1.29 is 22.0 Å². The van der Waals surface area contributed by atoms with Crippen molar-refractivity contribution >= 4 is 8.96 Å². The maximum absolute atomic E-state index is 12.7. The molecule has 0 N–H and O–H groups in total. The van der Waals surface area contributed by atoms with Crippen molar-refractivity contribution in [3.63, 3.8) is 0 Å². The quantitative estimate of drug-likeness (QED) is 0.402. The van der Waals surface area contributed by atoms with Gasteiger partial charge in [-0.3, -0.25) is 4.57 Å². The minimum atomic E-state index is -5.47. The van der Waals surface area contributed by atoms with E-state index in [1.54, 1.807) is 0 Å². The lowest BCUT2D eigenvalue weighted by Crippen LogP contribution is -2.56. The van der Waals surface area contributed by atoms with Crippen molar-refractivity contribution in [1.82, 2.24) is 4.57 Å². The summed E-state index contributed by atoms with van der Waals surface area (Å²) in [6, 6.07) is -4.68. The van der Waals surface area contributed by atoms with Gasteiger partial charge in [-0.1, -0.05) is 20.0 Å². The van der Waals surface area contributed by atoms with E-state index in [1.165, 1.54) is 20.0 Å². The lowest BCUT2D eigenvalue weighted by molar-refractivity contribution is -0.324. The van der Waals surface area contributed by atoms with Crippen LogP contribution < -0.4 is 0 Å². The molecule has 0 amide bonds. The predicted molar refractivity (Wildman–Crippen MR) is 42.3 cm³/mol. The summed E-state index contributed by atoms with van der Waals surface area (Å²) in [6.45, 7) is 3.88. The second kappa shape index (κ2) is 3.91. The van der Waals surface area contributed by atoms with Crippen LogP contribution in [0.2, 0.25) is 13.1 Å². The van der Waals surface area contributed by atoms with E-state index in [0.29, 0.717) is 0 Å². The van der Waals surface area contributed by atoms with Gasteiger partial charge in [-0.25, -0.2) is 0 Å². The third kappa shape index (κ3) is 2.63. The Bertz CT molecular complexity index is 167. The summed E-state index contributed by atoms with van der Waals surface area (Å²) in [6.07, 6.45) is -5.47. The van der Waals surface area contributed by atoms with Gasteiger partial charge in [0.1, 0.15) is 8.96 Å². The molecule has 0 atom stereocenters. The number of halogens is 5. The lowest BCUT2D eigenvalue weighted by Gasteiger charge is -2.33. The first-order valence-corrected chi connectivity index (χ1v) is 6.68. The molecule has 1 nitrogen and oxygen atoms in total. The molecule has 0 aliphatic heterocycles. The van der Waals surface area contributed by atoms with Crippen LogP contribution in [0.1, 0.15) is 6.92 Å². The van der Waals surface area contributed by atoms with Gasteiger partial charge in [0.05, 0.1) is 0 Å². The maximum Gasteiger partial charge on any atom is 0.468 e. The summed E-state index contributed by atoms with van der Waals surface area (Å²) in [5, 5.41) is 0.